The summed E-state index contributed by atoms with van der Waals surface area (Å²) >= 11 is 0. The molecule has 0 saturated carbocycles. The average Bonchev–Trinajstić information content (AvgIpc) is 2.78. The van der Waals surface area contributed by atoms with E-state index in [1.807, 2.05) is 32.6 Å². The number of carbonyl (C=O) groups excluding carboxylic acids is 2. The average molecular weight is 292 g/mol. The van der Waals surface area contributed by atoms with Gasteiger partial charge < -0.3 is 10.2 Å². The molecule has 1 aliphatic heterocycles. The Hall–Kier alpha value is -1.85. The number of nitrogens with one attached hydrogen (secondary N) is 2. The largest absolute Gasteiger partial charge is 0.349 e. The maximum absolute atomic E-state index is 12.3. The highest BCUT2D eigenvalue weighted by atomic mass is 16.2. The highest BCUT2D eigenvalue weighted by Gasteiger charge is 2.26. The van der Waals surface area contributed by atoms with Crippen LogP contribution in [0.4, 0.5) is 0 Å². The zero-order chi connectivity index (χ0) is 15.6. The zero-order valence-electron chi connectivity index (χ0n) is 13.2. The third-order valence-corrected chi connectivity index (χ3v) is 3.99. The van der Waals surface area contributed by atoms with Crippen LogP contribution in [0.2, 0.25) is 0 Å². The fourth-order valence-corrected chi connectivity index (χ4v) is 2.75. The van der Waals surface area contributed by atoms with Crippen molar-refractivity contribution in [1.82, 2.24) is 20.4 Å². The molecule has 2 rings (SSSR count). The van der Waals surface area contributed by atoms with Gasteiger partial charge in [-0.15, -0.1) is 0 Å². The van der Waals surface area contributed by atoms with Crippen LogP contribution in [0.25, 0.3) is 0 Å². The SMILES string of the molecule is Cc1n[nH]c(C)c1C(=O)NC1CCN(C(=O)C(C)C)CC1. The first-order valence-electron chi connectivity index (χ1n) is 7.51. The number of aryl methyl sites for hydroxylation is 2. The Balaban J connectivity index is 1.89. The molecule has 21 heavy (non-hydrogen) atoms. The fraction of sp³-hybridized carbons (Fsp3) is 0.667. The van der Waals surface area contributed by atoms with Crippen molar-refractivity contribution in [1.29, 1.82) is 0 Å². The van der Waals surface area contributed by atoms with Gasteiger partial charge in [0, 0.05) is 30.7 Å². The Labute approximate surface area is 125 Å². The lowest BCUT2D eigenvalue weighted by Crippen LogP contribution is -2.47. The first-order chi connectivity index (χ1) is 9.90. The molecule has 1 aromatic rings. The van der Waals surface area contributed by atoms with Gasteiger partial charge in [-0.05, 0) is 26.7 Å². The number of hydrogen-bond donors (Lipinski definition) is 2. The van der Waals surface area contributed by atoms with E-state index in [0.717, 1.165) is 24.2 Å². The second-order valence-corrected chi connectivity index (χ2v) is 6.04. The van der Waals surface area contributed by atoms with E-state index in [1.54, 1.807) is 0 Å². The molecule has 0 aliphatic carbocycles. The first-order valence-corrected chi connectivity index (χ1v) is 7.51. The van der Waals surface area contributed by atoms with Gasteiger partial charge in [0.15, 0.2) is 0 Å². The van der Waals surface area contributed by atoms with E-state index in [4.69, 9.17) is 0 Å². The smallest absolute Gasteiger partial charge is 0.255 e. The lowest BCUT2D eigenvalue weighted by Gasteiger charge is -2.33. The molecule has 0 bridgehead atoms. The number of nitrogens with zero attached hydrogens (tertiary/aromatic N) is 2. The Kier molecular flexibility index (Phi) is 4.65. The van der Waals surface area contributed by atoms with Crippen molar-refractivity contribution in [3.63, 3.8) is 0 Å². The van der Waals surface area contributed by atoms with Crippen molar-refractivity contribution in [2.45, 2.75) is 46.6 Å². The Morgan fingerprint density at radius 3 is 2.38 bits per heavy atom. The lowest BCUT2D eigenvalue weighted by molar-refractivity contribution is -0.135. The topological polar surface area (TPSA) is 78.1 Å². The molecule has 2 N–H and O–H groups in total. The van der Waals surface area contributed by atoms with Gasteiger partial charge in [-0.1, -0.05) is 13.8 Å². The van der Waals surface area contributed by atoms with Crippen molar-refractivity contribution < 1.29 is 9.59 Å². The Morgan fingerprint density at radius 2 is 1.90 bits per heavy atom. The van der Waals surface area contributed by atoms with Gasteiger partial charge in [0.05, 0.1) is 11.3 Å². The molecule has 6 nitrogen and oxygen atoms in total. The van der Waals surface area contributed by atoms with Crippen LogP contribution in [0, 0.1) is 19.8 Å². The number of H-pyrrole nitrogens is 1. The minimum Gasteiger partial charge on any atom is -0.349 e. The van der Waals surface area contributed by atoms with Crippen LogP contribution in [-0.2, 0) is 4.79 Å². The molecule has 2 amide bonds. The summed E-state index contributed by atoms with van der Waals surface area (Å²) < 4.78 is 0. The highest BCUT2D eigenvalue weighted by Crippen LogP contribution is 2.15. The van der Waals surface area contributed by atoms with E-state index in [-0.39, 0.29) is 23.8 Å². The van der Waals surface area contributed by atoms with Crippen LogP contribution in [0.3, 0.4) is 0 Å². The maximum atomic E-state index is 12.3. The normalized spacial score (nSPS) is 16.3. The van der Waals surface area contributed by atoms with Crippen LogP contribution < -0.4 is 5.32 Å². The van der Waals surface area contributed by atoms with Crippen molar-refractivity contribution >= 4 is 11.8 Å². The van der Waals surface area contributed by atoms with E-state index in [9.17, 15) is 9.59 Å². The standard InChI is InChI=1S/C15H24N4O2/c1-9(2)15(21)19-7-5-12(6-8-19)16-14(20)13-10(3)17-18-11(13)4/h9,12H,5-8H2,1-4H3,(H,16,20)(H,17,18). The third kappa shape index (κ3) is 3.43. The molecule has 2 heterocycles. The minimum atomic E-state index is -0.0765. The quantitative estimate of drug-likeness (QED) is 0.884. The van der Waals surface area contributed by atoms with Gasteiger partial charge in [-0.25, -0.2) is 0 Å². The van der Waals surface area contributed by atoms with Gasteiger partial charge in [0.25, 0.3) is 5.91 Å². The van der Waals surface area contributed by atoms with Crippen molar-refractivity contribution in [2.24, 2.45) is 5.92 Å². The van der Waals surface area contributed by atoms with Gasteiger partial charge in [0.2, 0.25) is 5.91 Å². The number of hydrogen-bond acceptors (Lipinski definition) is 3. The Morgan fingerprint density at radius 1 is 1.29 bits per heavy atom. The molecular formula is C15H24N4O2. The van der Waals surface area contributed by atoms with E-state index >= 15 is 0 Å². The third-order valence-electron chi connectivity index (χ3n) is 3.99. The molecule has 1 aliphatic rings. The van der Waals surface area contributed by atoms with Gasteiger partial charge >= 0.3 is 0 Å². The van der Waals surface area contributed by atoms with Gasteiger partial charge in [-0.3, -0.25) is 14.7 Å². The number of aromatic nitrogens is 2. The summed E-state index contributed by atoms with van der Waals surface area (Å²) in [5.41, 5.74) is 2.14. The lowest BCUT2D eigenvalue weighted by atomic mass is 10.0. The monoisotopic (exact) mass is 292 g/mol. The number of carbonyl (C=O) groups is 2. The highest BCUT2D eigenvalue weighted by molar-refractivity contribution is 5.96. The van der Waals surface area contributed by atoms with Crippen molar-refractivity contribution in [3.05, 3.63) is 17.0 Å². The maximum Gasteiger partial charge on any atom is 0.255 e. The predicted octanol–water partition coefficient (Wildman–Crippen LogP) is 1.40. The van der Waals surface area contributed by atoms with Crippen LogP contribution in [-0.4, -0.2) is 46.0 Å². The number of likely N-dealkylation sites (tertiary alicyclic amines) is 1. The number of aromatic amines is 1. The van der Waals surface area contributed by atoms with Crippen molar-refractivity contribution in [3.8, 4) is 0 Å². The van der Waals surface area contributed by atoms with E-state index in [1.165, 1.54) is 0 Å². The molecule has 0 unspecified atom stereocenters. The molecule has 6 heteroatoms. The van der Waals surface area contributed by atoms with Crippen molar-refractivity contribution in [2.75, 3.05) is 13.1 Å². The summed E-state index contributed by atoms with van der Waals surface area (Å²) in [6.45, 7) is 8.93. The van der Waals surface area contributed by atoms with Crippen LogP contribution in [0.1, 0.15) is 48.4 Å². The van der Waals surface area contributed by atoms with Gasteiger partial charge in [-0.2, -0.15) is 5.10 Å². The summed E-state index contributed by atoms with van der Waals surface area (Å²) in [7, 11) is 0. The summed E-state index contributed by atoms with van der Waals surface area (Å²) in [5.74, 6) is 0.154. The summed E-state index contributed by atoms with van der Waals surface area (Å²) in [6, 6.07) is 0.127. The molecule has 0 radical (unpaired) electrons. The minimum absolute atomic E-state index is 0.0346. The Bertz CT molecular complexity index is 508. The summed E-state index contributed by atoms with van der Waals surface area (Å²) in [5, 5.41) is 9.93. The van der Waals surface area contributed by atoms with Crippen LogP contribution >= 0.6 is 0 Å². The molecule has 1 saturated heterocycles. The number of amides is 2. The molecular weight excluding hydrogens is 268 g/mol. The predicted molar refractivity (Wildman–Crippen MR) is 80.0 cm³/mol. The molecule has 0 spiro atoms. The molecule has 116 valence electrons. The van der Waals surface area contributed by atoms with E-state index < -0.39 is 0 Å². The number of rotatable bonds is 3. The van der Waals surface area contributed by atoms with E-state index in [2.05, 4.69) is 15.5 Å². The zero-order valence-corrected chi connectivity index (χ0v) is 13.2. The van der Waals surface area contributed by atoms with Gasteiger partial charge in [0.1, 0.15) is 0 Å². The molecule has 0 aromatic carbocycles. The summed E-state index contributed by atoms with van der Waals surface area (Å²) in [4.78, 5) is 26.1. The van der Waals surface area contributed by atoms with E-state index in [0.29, 0.717) is 18.7 Å². The van der Waals surface area contributed by atoms with Crippen LogP contribution in [0.5, 0.6) is 0 Å². The molecule has 1 fully saturated rings. The number of piperidine rings is 1. The first kappa shape index (κ1) is 15.5. The second-order valence-electron chi connectivity index (χ2n) is 6.04. The summed E-state index contributed by atoms with van der Waals surface area (Å²) in [6.07, 6.45) is 1.61. The molecule has 1 aromatic heterocycles. The fourth-order valence-electron chi connectivity index (χ4n) is 2.75. The second kappa shape index (κ2) is 6.28. The molecule has 0 atom stereocenters. The van der Waals surface area contributed by atoms with Crippen LogP contribution in [0.15, 0.2) is 0 Å².